The van der Waals surface area contributed by atoms with Gasteiger partial charge in [0.15, 0.2) is 0 Å². The Kier molecular flexibility index (Phi) is 3.73. The molecule has 0 spiro atoms. The van der Waals surface area contributed by atoms with Crippen molar-refractivity contribution in [2.45, 2.75) is 12.0 Å². The van der Waals surface area contributed by atoms with Crippen LogP contribution in [0.4, 0.5) is 0 Å². The minimum Gasteiger partial charge on any atom is -0.476 e. The van der Waals surface area contributed by atoms with Crippen LogP contribution >= 0.6 is 11.6 Å². The summed E-state index contributed by atoms with van der Waals surface area (Å²) in [5, 5.41) is 1.06. The van der Waals surface area contributed by atoms with Crippen molar-refractivity contribution >= 4 is 28.5 Å². The van der Waals surface area contributed by atoms with Crippen LogP contribution in [0.3, 0.4) is 0 Å². The molecule has 1 aliphatic rings. The van der Waals surface area contributed by atoms with Gasteiger partial charge in [-0.15, -0.1) is 0 Å². The minimum atomic E-state index is -1.01. The van der Waals surface area contributed by atoms with Gasteiger partial charge in [-0.05, 0) is 23.8 Å². The number of halogens is 1. The smallest absolute Gasteiger partial charge is 0.348 e. The van der Waals surface area contributed by atoms with E-state index < -0.39 is 23.6 Å². The van der Waals surface area contributed by atoms with Crippen molar-refractivity contribution in [1.29, 1.82) is 0 Å². The third kappa shape index (κ3) is 2.39. The molecule has 2 aromatic carbocycles. The minimum absolute atomic E-state index is 0.280. The van der Waals surface area contributed by atoms with Crippen LogP contribution in [0.5, 0.6) is 5.75 Å². The molecule has 2 heterocycles. The Hall–Kier alpha value is -2.79. The van der Waals surface area contributed by atoms with Gasteiger partial charge in [0.05, 0.1) is 24.0 Å². The molecule has 4 rings (SSSR count). The summed E-state index contributed by atoms with van der Waals surface area (Å²) in [5.41, 5.74) is 0.739. The van der Waals surface area contributed by atoms with Crippen molar-refractivity contribution in [2.75, 3.05) is 7.11 Å². The molecular weight excluding hydrogens is 344 g/mol. The van der Waals surface area contributed by atoms with Gasteiger partial charge < -0.3 is 13.9 Å². The number of carbonyl (C=O) groups excluding carboxylic acids is 1. The first kappa shape index (κ1) is 15.7. The van der Waals surface area contributed by atoms with Gasteiger partial charge >= 0.3 is 11.6 Å². The van der Waals surface area contributed by atoms with Gasteiger partial charge in [0.2, 0.25) is 6.10 Å². The van der Waals surface area contributed by atoms with Gasteiger partial charge in [-0.1, -0.05) is 41.9 Å². The quantitative estimate of drug-likeness (QED) is 0.519. The Labute approximate surface area is 147 Å². The zero-order valence-electron chi connectivity index (χ0n) is 13.2. The molecular formula is C19H13ClO5. The van der Waals surface area contributed by atoms with Gasteiger partial charge in [0, 0.05) is 5.02 Å². The maximum atomic E-state index is 12.6. The molecule has 0 aliphatic carbocycles. The molecule has 5 nitrogen and oxygen atoms in total. The van der Waals surface area contributed by atoms with E-state index in [1.54, 1.807) is 42.5 Å². The van der Waals surface area contributed by atoms with Crippen LogP contribution in [0.25, 0.3) is 11.0 Å². The fourth-order valence-electron chi connectivity index (χ4n) is 3.22. The number of para-hydroxylation sites is 1. The van der Waals surface area contributed by atoms with E-state index in [0.29, 0.717) is 27.3 Å². The fourth-order valence-corrected chi connectivity index (χ4v) is 3.48. The lowest BCUT2D eigenvalue weighted by Gasteiger charge is -2.17. The molecule has 0 bridgehead atoms. The van der Waals surface area contributed by atoms with Crippen LogP contribution in [0.15, 0.2) is 57.7 Å². The number of methoxy groups -OCH3 is 1. The second-order valence-corrected chi connectivity index (χ2v) is 6.10. The van der Waals surface area contributed by atoms with Gasteiger partial charge in [0.1, 0.15) is 11.3 Å². The molecule has 0 amide bonds. The van der Waals surface area contributed by atoms with E-state index in [0.717, 1.165) is 0 Å². The molecule has 0 saturated heterocycles. The number of hydrogen-bond donors (Lipinski definition) is 0. The van der Waals surface area contributed by atoms with E-state index in [9.17, 15) is 9.59 Å². The highest BCUT2D eigenvalue weighted by Gasteiger charge is 2.45. The summed E-state index contributed by atoms with van der Waals surface area (Å²) in [5.74, 6) is -0.936. The predicted molar refractivity (Wildman–Crippen MR) is 92.2 cm³/mol. The normalized spacial score (nSPS) is 18.6. The SMILES string of the molecule is COC(=O)C1Oc2c(c(=O)oc3ccccc23)C1c1ccccc1Cl. The van der Waals surface area contributed by atoms with E-state index in [1.807, 2.05) is 6.07 Å². The molecule has 2 unspecified atom stereocenters. The van der Waals surface area contributed by atoms with E-state index >= 15 is 0 Å². The van der Waals surface area contributed by atoms with Crippen LogP contribution < -0.4 is 10.4 Å². The lowest BCUT2D eigenvalue weighted by atomic mass is 9.88. The van der Waals surface area contributed by atoms with Crippen molar-refractivity contribution in [3.05, 3.63) is 75.1 Å². The van der Waals surface area contributed by atoms with Gasteiger partial charge in [0.25, 0.3) is 0 Å². The van der Waals surface area contributed by atoms with E-state index in [2.05, 4.69) is 0 Å². The van der Waals surface area contributed by atoms with Crippen molar-refractivity contribution in [3.8, 4) is 5.75 Å². The fraction of sp³-hybridized carbons (Fsp3) is 0.158. The lowest BCUT2D eigenvalue weighted by Crippen LogP contribution is -2.32. The summed E-state index contributed by atoms with van der Waals surface area (Å²) in [6.45, 7) is 0. The summed E-state index contributed by atoms with van der Waals surface area (Å²) < 4.78 is 16.2. The topological polar surface area (TPSA) is 65.7 Å². The Bertz CT molecular complexity index is 1040. The Morgan fingerprint density at radius 3 is 2.60 bits per heavy atom. The maximum absolute atomic E-state index is 12.6. The van der Waals surface area contributed by atoms with Crippen molar-refractivity contribution in [3.63, 3.8) is 0 Å². The van der Waals surface area contributed by atoms with Crippen molar-refractivity contribution in [2.24, 2.45) is 0 Å². The highest BCUT2D eigenvalue weighted by atomic mass is 35.5. The number of carbonyl (C=O) groups is 1. The van der Waals surface area contributed by atoms with Crippen LogP contribution in [-0.2, 0) is 9.53 Å². The predicted octanol–water partition coefficient (Wildman–Crippen LogP) is 3.51. The standard InChI is InChI=1S/C19H13ClO5/c1-23-19(22)17-14(10-6-2-4-8-12(10)20)15-16(25-17)11-7-3-5-9-13(11)24-18(15)21/h2-9,14,17H,1H3. The zero-order valence-corrected chi connectivity index (χ0v) is 13.9. The maximum Gasteiger partial charge on any atom is 0.348 e. The third-order valence-electron chi connectivity index (χ3n) is 4.33. The zero-order chi connectivity index (χ0) is 17.6. The molecule has 2 atom stereocenters. The van der Waals surface area contributed by atoms with Crippen molar-refractivity contribution < 1.29 is 18.7 Å². The lowest BCUT2D eigenvalue weighted by molar-refractivity contribution is -0.148. The average Bonchev–Trinajstić information content (AvgIpc) is 3.03. The molecule has 0 N–H and O–H groups in total. The molecule has 25 heavy (non-hydrogen) atoms. The molecule has 1 aliphatic heterocycles. The van der Waals surface area contributed by atoms with E-state index in [-0.39, 0.29) is 5.56 Å². The molecule has 0 saturated carbocycles. The Balaban J connectivity index is 2.02. The number of ether oxygens (including phenoxy) is 2. The third-order valence-corrected chi connectivity index (χ3v) is 4.68. The van der Waals surface area contributed by atoms with Crippen LogP contribution in [-0.4, -0.2) is 19.2 Å². The summed E-state index contributed by atoms with van der Waals surface area (Å²) in [7, 11) is 1.28. The first-order valence-electron chi connectivity index (χ1n) is 7.66. The highest BCUT2D eigenvalue weighted by Crippen LogP contribution is 2.45. The summed E-state index contributed by atoms with van der Waals surface area (Å²) in [4.78, 5) is 24.9. The van der Waals surface area contributed by atoms with Gasteiger partial charge in [-0.25, -0.2) is 9.59 Å². The Morgan fingerprint density at radius 1 is 1.12 bits per heavy atom. The van der Waals surface area contributed by atoms with E-state index in [4.69, 9.17) is 25.5 Å². The summed E-state index contributed by atoms with van der Waals surface area (Å²) in [6, 6.07) is 14.0. The van der Waals surface area contributed by atoms with Gasteiger partial charge in [-0.2, -0.15) is 0 Å². The van der Waals surface area contributed by atoms with Crippen molar-refractivity contribution in [1.82, 2.24) is 0 Å². The van der Waals surface area contributed by atoms with Crippen LogP contribution in [0.1, 0.15) is 17.0 Å². The van der Waals surface area contributed by atoms with E-state index in [1.165, 1.54) is 7.11 Å². The molecule has 6 heteroatoms. The molecule has 126 valence electrons. The highest BCUT2D eigenvalue weighted by molar-refractivity contribution is 6.31. The summed E-state index contributed by atoms with van der Waals surface area (Å²) >= 11 is 6.31. The van der Waals surface area contributed by atoms with Crippen LogP contribution in [0.2, 0.25) is 5.02 Å². The molecule has 0 radical (unpaired) electrons. The number of rotatable bonds is 2. The number of fused-ring (bicyclic) bond motifs is 3. The Morgan fingerprint density at radius 2 is 1.84 bits per heavy atom. The molecule has 0 fully saturated rings. The summed E-state index contributed by atoms with van der Waals surface area (Å²) in [6.07, 6.45) is -1.01. The monoisotopic (exact) mass is 356 g/mol. The van der Waals surface area contributed by atoms with Crippen LogP contribution in [0, 0.1) is 0 Å². The van der Waals surface area contributed by atoms with Gasteiger partial charge in [-0.3, -0.25) is 0 Å². The average molecular weight is 357 g/mol. The second kappa shape index (κ2) is 5.93. The molecule has 3 aromatic rings. The number of esters is 1. The first-order chi connectivity index (χ1) is 12.1. The largest absolute Gasteiger partial charge is 0.476 e. The number of benzene rings is 2. The first-order valence-corrected chi connectivity index (χ1v) is 8.04. The molecule has 1 aromatic heterocycles. The second-order valence-electron chi connectivity index (χ2n) is 5.69. The number of hydrogen-bond acceptors (Lipinski definition) is 5.